The number of aliphatic hydroxyl groups is 3. The van der Waals surface area contributed by atoms with Gasteiger partial charge < -0.3 is 20.1 Å². The minimum absolute atomic E-state index is 0.133. The summed E-state index contributed by atoms with van der Waals surface area (Å²) in [5.74, 6) is -0.888. The van der Waals surface area contributed by atoms with E-state index in [0.29, 0.717) is 9.75 Å². The van der Waals surface area contributed by atoms with Crippen LogP contribution in [0.15, 0.2) is 12.1 Å². The van der Waals surface area contributed by atoms with Gasteiger partial charge in [0.05, 0.1) is 13.7 Å². The standard InChI is InChI=1S/C9H12O5S/c1-14-9(13)8(12)7(11)6-3-2-5(4-10)15-6/h2-3,7-8,10-12H,4H2,1H3. The van der Waals surface area contributed by atoms with E-state index in [1.807, 2.05) is 0 Å². The molecule has 1 aromatic rings. The highest BCUT2D eigenvalue weighted by Crippen LogP contribution is 2.26. The van der Waals surface area contributed by atoms with Crippen molar-refractivity contribution in [2.24, 2.45) is 0 Å². The molecule has 1 rings (SSSR count). The molecule has 0 saturated carbocycles. The fraction of sp³-hybridized carbons (Fsp3) is 0.444. The monoisotopic (exact) mass is 232 g/mol. The summed E-state index contributed by atoms with van der Waals surface area (Å²) in [4.78, 5) is 12.0. The van der Waals surface area contributed by atoms with Crippen molar-refractivity contribution >= 4 is 17.3 Å². The summed E-state index contributed by atoms with van der Waals surface area (Å²) < 4.78 is 4.29. The van der Waals surface area contributed by atoms with Crippen molar-refractivity contribution in [2.45, 2.75) is 18.8 Å². The van der Waals surface area contributed by atoms with E-state index in [9.17, 15) is 15.0 Å². The molecule has 0 aliphatic heterocycles. The number of hydrogen-bond acceptors (Lipinski definition) is 6. The first-order valence-corrected chi connectivity index (χ1v) is 5.05. The van der Waals surface area contributed by atoms with Crippen LogP contribution in [0.25, 0.3) is 0 Å². The zero-order chi connectivity index (χ0) is 11.4. The van der Waals surface area contributed by atoms with E-state index < -0.39 is 18.2 Å². The second-order valence-corrected chi connectivity index (χ2v) is 4.07. The number of esters is 1. The summed E-state index contributed by atoms with van der Waals surface area (Å²) in [7, 11) is 1.13. The van der Waals surface area contributed by atoms with Gasteiger partial charge in [-0.05, 0) is 12.1 Å². The van der Waals surface area contributed by atoms with Crippen LogP contribution in [0.3, 0.4) is 0 Å². The van der Waals surface area contributed by atoms with Crippen LogP contribution < -0.4 is 0 Å². The van der Waals surface area contributed by atoms with Crippen molar-refractivity contribution in [1.82, 2.24) is 0 Å². The van der Waals surface area contributed by atoms with Crippen LogP contribution in [-0.4, -0.2) is 34.5 Å². The van der Waals surface area contributed by atoms with E-state index in [2.05, 4.69) is 4.74 Å². The number of methoxy groups -OCH3 is 1. The Morgan fingerprint density at radius 3 is 2.67 bits per heavy atom. The Morgan fingerprint density at radius 1 is 1.53 bits per heavy atom. The Labute approximate surface area is 90.6 Å². The number of carbonyl (C=O) groups excluding carboxylic acids is 1. The summed E-state index contributed by atoms with van der Waals surface area (Å²) >= 11 is 1.13. The highest BCUT2D eigenvalue weighted by atomic mass is 32.1. The predicted molar refractivity (Wildman–Crippen MR) is 53.2 cm³/mol. The molecule has 2 unspecified atom stereocenters. The Kier molecular flexibility index (Phi) is 4.22. The molecular weight excluding hydrogens is 220 g/mol. The molecule has 0 saturated heterocycles. The third-order valence-corrected chi connectivity index (χ3v) is 3.01. The van der Waals surface area contributed by atoms with E-state index in [1.165, 1.54) is 0 Å². The summed E-state index contributed by atoms with van der Waals surface area (Å²) in [6, 6.07) is 3.17. The minimum atomic E-state index is -1.60. The average Bonchev–Trinajstić information content (AvgIpc) is 2.74. The summed E-state index contributed by atoms with van der Waals surface area (Å²) in [6.45, 7) is -0.133. The van der Waals surface area contributed by atoms with E-state index in [0.717, 1.165) is 18.4 Å². The van der Waals surface area contributed by atoms with E-state index >= 15 is 0 Å². The van der Waals surface area contributed by atoms with Crippen LogP contribution in [0.4, 0.5) is 0 Å². The Bertz CT molecular complexity index is 335. The fourth-order valence-corrected chi connectivity index (χ4v) is 1.93. The van der Waals surface area contributed by atoms with Crippen LogP contribution in [-0.2, 0) is 16.1 Å². The molecule has 3 N–H and O–H groups in total. The van der Waals surface area contributed by atoms with Gasteiger partial charge >= 0.3 is 5.97 Å². The van der Waals surface area contributed by atoms with Gasteiger partial charge in [-0.15, -0.1) is 11.3 Å². The SMILES string of the molecule is COC(=O)C(O)C(O)c1ccc(CO)s1. The van der Waals surface area contributed by atoms with E-state index in [-0.39, 0.29) is 6.61 Å². The van der Waals surface area contributed by atoms with Gasteiger partial charge in [-0.1, -0.05) is 0 Å². The van der Waals surface area contributed by atoms with Crippen LogP contribution in [0, 0.1) is 0 Å². The van der Waals surface area contributed by atoms with Gasteiger partial charge in [-0.2, -0.15) is 0 Å². The Morgan fingerprint density at radius 2 is 2.20 bits per heavy atom. The zero-order valence-electron chi connectivity index (χ0n) is 8.08. The van der Waals surface area contributed by atoms with Crippen LogP contribution in [0.5, 0.6) is 0 Å². The molecule has 0 bridgehead atoms. The van der Waals surface area contributed by atoms with E-state index in [4.69, 9.17) is 5.11 Å². The molecule has 1 aromatic heterocycles. The third-order valence-electron chi connectivity index (χ3n) is 1.87. The van der Waals surface area contributed by atoms with Gasteiger partial charge in [-0.25, -0.2) is 4.79 Å². The second kappa shape index (κ2) is 5.22. The molecule has 15 heavy (non-hydrogen) atoms. The van der Waals surface area contributed by atoms with Gasteiger partial charge in [0.25, 0.3) is 0 Å². The fourth-order valence-electron chi connectivity index (χ4n) is 1.04. The molecule has 84 valence electrons. The Hall–Kier alpha value is -0.950. The quantitative estimate of drug-likeness (QED) is 0.626. The number of hydrogen-bond donors (Lipinski definition) is 3. The molecule has 0 aromatic carbocycles. The summed E-state index contributed by atoms with van der Waals surface area (Å²) in [6.07, 6.45) is -2.91. The third kappa shape index (κ3) is 2.75. The van der Waals surface area contributed by atoms with Crippen LogP contribution >= 0.6 is 11.3 Å². The summed E-state index contributed by atoms with van der Waals surface area (Å²) in [5.41, 5.74) is 0. The second-order valence-electron chi connectivity index (χ2n) is 2.88. The van der Waals surface area contributed by atoms with Crippen molar-refractivity contribution in [2.75, 3.05) is 7.11 Å². The number of ether oxygens (including phenoxy) is 1. The topological polar surface area (TPSA) is 87.0 Å². The van der Waals surface area contributed by atoms with Gasteiger partial charge in [-0.3, -0.25) is 0 Å². The van der Waals surface area contributed by atoms with Crippen molar-refractivity contribution in [3.8, 4) is 0 Å². The maximum Gasteiger partial charge on any atom is 0.337 e. The predicted octanol–water partition coefficient (Wildman–Crippen LogP) is -0.192. The summed E-state index contributed by atoms with van der Waals surface area (Å²) in [5, 5.41) is 27.7. The first-order chi connectivity index (χ1) is 7.10. The number of thiophene rings is 1. The maximum atomic E-state index is 10.9. The molecule has 0 radical (unpaired) electrons. The number of carbonyl (C=O) groups is 1. The lowest BCUT2D eigenvalue weighted by atomic mass is 10.2. The molecule has 0 spiro atoms. The van der Waals surface area contributed by atoms with Crippen molar-refractivity contribution < 1.29 is 24.9 Å². The number of rotatable bonds is 4. The molecule has 0 amide bonds. The molecular formula is C9H12O5S. The zero-order valence-corrected chi connectivity index (χ0v) is 8.90. The maximum absolute atomic E-state index is 10.9. The van der Waals surface area contributed by atoms with Gasteiger partial charge in [0, 0.05) is 9.75 Å². The lowest BCUT2D eigenvalue weighted by Gasteiger charge is -2.13. The highest BCUT2D eigenvalue weighted by molar-refractivity contribution is 7.12. The minimum Gasteiger partial charge on any atom is -0.467 e. The van der Waals surface area contributed by atoms with E-state index in [1.54, 1.807) is 12.1 Å². The number of aliphatic hydroxyl groups excluding tert-OH is 3. The first kappa shape index (κ1) is 12.1. The molecule has 0 aliphatic carbocycles. The highest BCUT2D eigenvalue weighted by Gasteiger charge is 2.27. The molecule has 5 nitrogen and oxygen atoms in total. The molecule has 6 heteroatoms. The Balaban J connectivity index is 2.75. The van der Waals surface area contributed by atoms with Crippen LogP contribution in [0.1, 0.15) is 15.9 Å². The van der Waals surface area contributed by atoms with Crippen LogP contribution in [0.2, 0.25) is 0 Å². The molecule has 1 heterocycles. The molecule has 0 fully saturated rings. The van der Waals surface area contributed by atoms with Gasteiger partial charge in [0.1, 0.15) is 6.10 Å². The van der Waals surface area contributed by atoms with Gasteiger partial charge in [0.2, 0.25) is 0 Å². The molecule has 2 atom stereocenters. The molecule has 0 aliphatic rings. The van der Waals surface area contributed by atoms with Crippen molar-refractivity contribution in [1.29, 1.82) is 0 Å². The first-order valence-electron chi connectivity index (χ1n) is 4.23. The lowest BCUT2D eigenvalue weighted by Crippen LogP contribution is -2.28. The lowest BCUT2D eigenvalue weighted by molar-refractivity contribution is -0.156. The van der Waals surface area contributed by atoms with Gasteiger partial charge in [0.15, 0.2) is 6.10 Å². The largest absolute Gasteiger partial charge is 0.467 e. The van der Waals surface area contributed by atoms with Crippen molar-refractivity contribution in [3.05, 3.63) is 21.9 Å². The smallest absolute Gasteiger partial charge is 0.337 e. The normalized spacial score (nSPS) is 14.7. The average molecular weight is 232 g/mol. The van der Waals surface area contributed by atoms with Crippen molar-refractivity contribution in [3.63, 3.8) is 0 Å².